The van der Waals surface area contributed by atoms with Crippen molar-refractivity contribution in [1.82, 2.24) is 0 Å². The SMILES string of the molecule is COc1ccc(C(N)c2cc(F)ccc2C)c(OC)c1Br. The van der Waals surface area contributed by atoms with Crippen molar-refractivity contribution in [2.45, 2.75) is 13.0 Å². The molecule has 1 atom stereocenters. The highest BCUT2D eigenvalue weighted by Crippen LogP contribution is 2.40. The smallest absolute Gasteiger partial charge is 0.141 e. The van der Waals surface area contributed by atoms with Crippen molar-refractivity contribution in [3.63, 3.8) is 0 Å². The molecule has 21 heavy (non-hydrogen) atoms. The minimum atomic E-state index is -0.488. The number of hydrogen-bond acceptors (Lipinski definition) is 3. The van der Waals surface area contributed by atoms with Crippen LogP contribution in [0.5, 0.6) is 11.5 Å². The van der Waals surface area contributed by atoms with Crippen LogP contribution in [-0.2, 0) is 0 Å². The predicted octanol–water partition coefficient (Wildman–Crippen LogP) is 3.96. The molecule has 0 spiro atoms. The highest BCUT2D eigenvalue weighted by atomic mass is 79.9. The monoisotopic (exact) mass is 353 g/mol. The van der Waals surface area contributed by atoms with E-state index in [1.165, 1.54) is 12.1 Å². The van der Waals surface area contributed by atoms with E-state index in [9.17, 15) is 4.39 Å². The highest BCUT2D eigenvalue weighted by molar-refractivity contribution is 9.10. The summed E-state index contributed by atoms with van der Waals surface area (Å²) in [6.45, 7) is 1.90. The predicted molar refractivity (Wildman–Crippen MR) is 84.4 cm³/mol. The van der Waals surface area contributed by atoms with Crippen molar-refractivity contribution in [3.05, 3.63) is 57.3 Å². The van der Waals surface area contributed by atoms with Crippen molar-refractivity contribution in [2.24, 2.45) is 5.73 Å². The summed E-state index contributed by atoms with van der Waals surface area (Å²) in [6, 6.07) is 7.74. The van der Waals surface area contributed by atoms with E-state index in [1.54, 1.807) is 26.4 Å². The third-order valence-electron chi connectivity index (χ3n) is 3.43. The van der Waals surface area contributed by atoms with Gasteiger partial charge in [-0.05, 0) is 58.2 Å². The summed E-state index contributed by atoms with van der Waals surface area (Å²) >= 11 is 3.45. The van der Waals surface area contributed by atoms with Crippen LogP contribution in [0.2, 0.25) is 0 Å². The molecule has 0 saturated carbocycles. The maximum Gasteiger partial charge on any atom is 0.141 e. The van der Waals surface area contributed by atoms with E-state index in [1.807, 2.05) is 13.0 Å². The quantitative estimate of drug-likeness (QED) is 0.904. The van der Waals surface area contributed by atoms with Gasteiger partial charge < -0.3 is 15.2 Å². The van der Waals surface area contributed by atoms with Crippen LogP contribution in [0.4, 0.5) is 4.39 Å². The molecule has 5 heteroatoms. The lowest BCUT2D eigenvalue weighted by molar-refractivity contribution is 0.385. The van der Waals surface area contributed by atoms with E-state index in [0.717, 1.165) is 16.7 Å². The molecule has 0 aliphatic heterocycles. The Morgan fingerprint density at radius 2 is 1.81 bits per heavy atom. The molecule has 0 amide bonds. The van der Waals surface area contributed by atoms with Crippen LogP contribution in [0, 0.1) is 12.7 Å². The lowest BCUT2D eigenvalue weighted by Crippen LogP contribution is -2.15. The van der Waals surface area contributed by atoms with Crippen LogP contribution in [-0.4, -0.2) is 14.2 Å². The van der Waals surface area contributed by atoms with Gasteiger partial charge in [0.05, 0.1) is 20.3 Å². The second-order valence-corrected chi connectivity index (χ2v) is 5.48. The molecule has 2 aromatic carbocycles. The number of rotatable bonds is 4. The Morgan fingerprint density at radius 1 is 1.10 bits per heavy atom. The Hall–Kier alpha value is -1.59. The van der Waals surface area contributed by atoms with Gasteiger partial charge >= 0.3 is 0 Å². The molecule has 0 heterocycles. The lowest BCUT2D eigenvalue weighted by Gasteiger charge is -2.20. The summed E-state index contributed by atoms with van der Waals surface area (Å²) < 4.78 is 24.9. The molecule has 0 bridgehead atoms. The number of nitrogens with two attached hydrogens (primary N) is 1. The normalized spacial score (nSPS) is 12.1. The molecule has 3 nitrogen and oxygen atoms in total. The van der Waals surface area contributed by atoms with Crippen molar-refractivity contribution in [3.8, 4) is 11.5 Å². The minimum Gasteiger partial charge on any atom is -0.495 e. The first kappa shape index (κ1) is 15.8. The van der Waals surface area contributed by atoms with Gasteiger partial charge in [-0.1, -0.05) is 6.07 Å². The van der Waals surface area contributed by atoms with Crippen molar-refractivity contribution in [1.29, 1.82) is 0 Å². The van der Waals surface area contributed by atoms with Crippen molar-refractivity contribution >= 4 is 15.9 Å². The molecular formula is C16H17BrFNO2. The second kappa shape index (κ2) is 6.45. The highest BCUT2D eigenvalue weighted by Gasteiger charge is 2.20. The maximum absolute atomic E-state index is 13.5. The molecule has 0 radical (unpaired) electrons. The van der Waals surface area contributed by atoms with Gasteiger partial charge in [0.15, 0.2) is 0 Å². The summed E-state index contributed by atoms with van der Waals surface area (Å²) in [5, 5.41) is 0. The summed E-state index contributed by atoms with van der Waals surface area (Å²) in [5.74, 6) is 0.932. The molecule has 1 unspecified atom stereocenters. The van der Waals surface area contributed by atoms with Gasteiger partial charge in [0.1, 0.15) is 21.8 Å². The van der Waals surface area contributed by atoms with E-state index in [-0.39, 0.29) is 5.82 Å². The zero-order valence-electron chi connectivity index (χ0n) is 12.1. The Morgan fingerprint density at radius 3 is 2.43 bits per heavy atom. The van der Waals surface area contributed by atoms with Gasteiger partial charge in [-0.25, -0.2) is 4.39 Å². The Balaban J connectivity index is 2.55. The van der Waals surface area contributed by atoms with Gasteiger partial charge in [-0.15, -0.1) is 0 Å². The fraction of sp³-hybridized carbons (Fsp3) is 0.250. The van der Waals surface area contributed by atoms with Crippen LogP contribution >= 0.6 is 15.9 Å². The van der Waals surface area contributed by atoms with Crippen molar-refractivity contribution < 1.29 is 13.9 Å². The van der Waals surface area contributed by atoms with Gasteiger partial charge in [-0.2, -0.15) is 0 Å². The zero-order chi connectivity index (χ0) is 15.6. The summed E-state index contributed by atoms with van der Waals surface area (Å²) in [5.41, 5.74) is 8.73. The number of aryl methyl sites for hydroxylation is 1. The molecule has 0 aliphatic rings. The average Bonchev–Trinajstić information content (AvgIpc) is 2.48. The first-order chi connectivity index (χ1) is 9.99. The maximum atomic E-state index is 13.5. The molecule has 0 aromatic heterocycles. The third kappa shape index (κ3) is 3.04. The van der Waals surface area contributed by atoms with Crippen LogP contribution in [0.25, 0.3) is 0 Å². The summed E-state index contributed by atoms with van der Waals surface area (Å²) in [7, 11) is 3.14. The first-order valence-corrected chi connectivity index (χ1v) is 7.21. The van der Waals surface area contributed by atoms with Crippen LogP contribution in [0.3, 0.4) is 0 Å². The third-order valence-corrected chi connectivity index (χ3v) is 4.18. The second-order valence-electron chi connectivity index (χ2n) is 4.68. The molecule has 0 aliphatic carbocycles. The zero-order valence-corrected chi connectivity index (χ0v) is 13.7. The number of hydrogen-bond donors (Lipinski definition) is 1. The number of benzene rings is 2. The number of methoxy groups -OCH3 is 2. The Labute approximate surface area is 132 Å². The average molecular weight is 354 g/mol. The molecule has 0 saturated heterocycles. The van der Waals surface area contributed by atoms with Gasteiger partial charge in [0, 0.05) is 5.56 Å². The van der Waals surface area contributed by atoms with E-state index >= 15 is 0 Å². The molecule has 2 aromatic rings. The van der Waals surface area contributed by atoms with Crippen LogP contribution < -0.4 is 15.2 Å². The van der Waals surface area contributed by atoms with Crippen LogP contribution in [0.15, 0.2) is 34.8 Å². The van der Waals surface area contributed by atoms with E-state index < -0.39 is 6.04 Å². The molecule has 0 fully saturated rings. The Bertz CT molecular complexity index is 661. The largest absolute Gasteiger partial charge is 0.495 e. The van der Waals surface area contributed by atoms with E-state index in [2.05, 4.69) is 15.9 Å². The van der Waals surface area contributed by atoms with Gasteiger partial charge in [0.25, 0.3) is 0 Å². The first-order valence-electron chi connectivity index (χ1n) is 6.41. The molecule has 2 N–H and O–H groups in total. The summed E-state index contributed by atoms with van der Waals surface area (Å²) in [4.78, 5) is 0. The summed E-state index contributed by atoms with van der Waals surface area (Å²) in [6.07, 6.45) is 0. The molecule has 2 rings (SSSR count). The van der Waals surface area contributed by atoms with E-state index in [0.29, 0.717) is 16.0 Å². The topological polar surface area (TPSA) is 44.5 Å². The van der Waals surface area contributed by atoms with E-state index in [4.69, 9.17) is 15.2 Å². The Kier molecular flexibility index (Phi) is 4.85. The minimum absolute atomic E-state index is 0.308. The standard InChI is InChI=1S/C16H17BrFNO2/c1-9-4-5-10(18)8-12(9)15(19)11-6-7-13(20-2)14(17)16(11)21-3/h4-8,15H,19H2,1-3H3. The molecule has 112 valence electrons. The van der Waals surface area contributed by atoms with Gasteiger partial charge in [0.2, 0.25) is 0 Å². The fourth-order valence-electron chi connectivity index (χ4n) is 2.28. The molecular weight excluding hydrogens is 337 g/mol. The van der Waals surface area contributed by atoms with Crippen molar-refractivity contribution in [2.75, 3.05) is 14.2 Å². The number of ether oxygens (including phenoxy) is 2. The van der Waals surface area contributed by atoms with Gasteiger partial charge in [-0.3, -0.25) is 0 Å². The lowest BCUT2D eigenvalue weighted by atomic mass is 9.95. The van der Waals surface area contributed by atoms with Crippen LogP contribution in [0.1, 0.15) is 22.7 Å². The number of halogens is 2. The fourth-order valence-corrected chi connectivity index (χ4v) is 2.96.